The molecule has 0 bridgehead atoms. The van der Waals surface area contributed by atoms with E-state index in [1.54, 1.807) is 6.92 Å². The van der Waals surface area contributed by atoms with E-state index in [0.717, 1.165) is 25.1 Å². The largest absolute Gasteiger partial charge is 0.388 e. The van der Waals surface area contributed by atoms with Crippen molar-refractivity contribution in [2.45, 2.75) is 59.5 Å². The number of hydrogen-bond acceptors (Lipinski definition) is 3. The van der Waals surface area contributed by atoms with Crippen LogP contribution in [0, 0.1) is 18.8 Å². The lowest BCUT2D eigenvalue weighted by Crippen LogP contribution is -2.49. The van der Waals surface area contributed by atoms with Crippen LogP contribution in [-0.4, -0.2) is 35.4 Å². The normalized spacial score (nSPS) is 23.8. The van der Waals surface area contributed by atoms with Gasteiger partial charge >= 0.3 is 0 Å². The highest BCUT2D eigenvalue weighted by atomic mass is 16.3. The van der Waals surface area contributed by atoms with Crippen LogP contribution in [-0.2, 0) is 10.2 Å². The van der Waals surface area contributed by atoms with Crippen molar-refractivity contribution >= 4 is 5.78 Å². The summed E-state index contributed by atoms with van der Waals surface area (Å²) in [5, 5.41) is 10.8. The van der Waals surface area contributed by atoms with E-state index in [9.17, 15) is 9.90 Å². The number of piperidine rings is 1. The monoisotopic (exact) mass is 409 g/mol. The third kappa shape index (κ3) is 5.59. The summed E-state index contributed by atoms with van der Waals surface area (Å²) in [6, 6.07) is 18.4. The number of rotatable bonds is 6. The summed E-state index contributed by atoms with van der Waals surface area (Å²) in [6.07, 6.45) is 0.308. The smallest absolute Gasteiger partial charge is 0.137 e. The number of nitrogens with zero attached hydrogens (tertiary/aromatic N) is 1. The van der Waals surface area contributed by atoms with E-state index in [-0.39, 0.29) is 11.2 Å². The minimum absolute atomic E-state index is 0.0519. The van der Waals surface area contributed by atoms with Crippen molar-refractivity contribution in [1.29, 1.82) is 0 Å². The molecular weight excluding hydrogens is 370 g/mol. The fourth-order valence-corrected chi connectivity index (χ4v) is 4.52. The first-order chi connectivity index (χ1) is 14.3. The van der Waals surface area contributed by atoms with Gasteiger partial charge in [0.2, 0.25) is 0 Å². The SMILES string of the molecule is CC.CC(=O)[C@H](CN1CC[C@@](C)(c2cccc(C)c2)[C@@H](C)C1)[C@@H](O)c1ccccc1. The number of likely N-dealkylation sites (tertiary alicyclic amines) is 1. The minimum atomic E-state index is -0.751. The van der Waals surface area contributed by atoms with E-state index >= 15 is 0 Å². The van der Waals surface area contributed by atoms with Crippen LogP contribution in [0.2, 0.25) is 0 Å². The van der Waals surface area contributed by atoms with Crippen LogP contribution in [0.3, 0.4) is 0 Å². The lowest BCUT2D eigenvalue weighted by atomic mass is 9.67. The zero-order valence-electron chi connectivity index (χ0n) is 19.6. The Hall–Kier alpha value is -1.97. The molecule has 0 aromatic heterocycles. The molecule has 1 N–H and O–H groups in total. The molecule has 0 unspecified atom stereocenters. The average Bonchev–Trinajstić information content (AvgIpc) is 2.76. The van der Waals surface area contributed by atoms with Crippen molar-refractivity contribution in [2.75, 3.05) is 19.6 Å². The molecule has 2 aromatic rings. The molecular formula is C27H39NO2. The van der Waals surface area contributed by atoms with Crippen molar-refractivity contribution in [3.05, 3.63) is 71.3 Å². The quantitative estimate of drug-likeness (QED) is 0.679. The lowest BCUT2D eigenvalue weighted by Gasteiger charge is -2.46. The predicted molar refractivity (Wildman–Crippen MR) is 126 cm³/mol. The highest BCUT2D eigenvalue weighted by Crippen LogP contribution is 2.40. The maximum atomic E-state index is 12.3. The van der Waals surface area contributed by atoms with Gasteiger partial charge < -0.3 is 10.0 Å². The van der Waals surface area contributed by atoms with Gasteiger partial charge in [-0.25, -0.2) is 0 Å². The Bertz CT molecular complexity index is 804. The number of ketones is 1. The summed E-state index contributed by atoms with van der Waals surface area (Å²) in [4.78, 5) is 14.7. The van der Waals surface area contributed by atoms with E-state index in [2.05, 4.69) is 49.9 Å². The molecule has 4 atom stereocenters. The molecule has 0 aliphatic carbocycles. The van der Waals surface area contributed by atoms with Gasteiger partial charge in [0.05, 0.1) is 12.0 Å². The van der Waals surface area contributed by atoms with Gasteiger partial charge in [0.25, 0.3) is 0 Å². The molecule has 0 amide bonds. The van der Waals surface area contributed by atoms with Crippen LogP contribution >= 0.6 is 0 Å². The van der Waals surface area contributed by atoms with Crippen molar-refractivity contribution < 1.29 is 9.90 Å². The molecule has 3 heteroatoms. The molecule has 2 aromatic carbocycles. The van der Waals surface area contributed by atoms with Crippen molar-refractivity contribution in [1.82, 2.24) is 4.90 Å². The van der Waals surface area contributed by atoms with Gasteiger partial charge in [0.1, 0.15) is 5.78 Å². The van der Waals surface area contributed by atoms with Crippen LogP contribution in [0.25, 0.3) is 0 Å². The number of Topliss-reactive ketones (excluding diaryl/α,β-unsaturated/α-hetero) is 1. The van der Waals surface area contributed by atoms with Gasteiger partial charge in [-0.2, -0.15) is 0 Å². The van der Waals surface area contributed by atoms with E-state index < -0.39 is 12.0 Å². The van der Waals surface area contributed by atoms with Crippen LogP contribution in [0.1, 0.15) is 63.8 Å². The Kier molecular flexibility index (Phi) is 8.81. The topological polar surface area (TPSA) is 40.5 Å². The second-order valence-electron chi connectivity index (χ2n) is 8.77. The molecule has 1 aliphatic heterocycles. The number of aliphatic hydroxyl groups is 1. The van der Waals surface area contributed by atoms with Crippen LogP contribution in [0.5, 0.6) is 0 Å². The van der Waals surface area contributed by atoms with Gasteiger partial charge in [-0.3, -0.25) is 4.79 Å². The van der Waals surface area contributed by atoms with Crippen LogP contribution in [0.4, 0.5) is 0 Å². The first-order valence-electron chi connectivity index (χ1n) is 11.3. The third-order valence-electron chi connectivity index (χ3n) is 6.74. The zero-order chi connectivity index (χ0) is 22.3. The van der Waals surface area contributed by atoms with Gasteiger partial charge in [-0.15, -0.1) is 0 Å². The molecule has 1 saturated heterocycles. The molecule has 0 spiro atoms. The first kappa shape index (κ1) is 24.3. The number of carbonyl (C=O) groups is 1. The molecule has 30 heavy (non-hydrogen) atoms. The molecule has 1 heterocycles. The van der Waals surface area contributed by atoms with Crippen molar-refractivity contribution in [3.63, 3.8) is 0 Å². The minimum Gasteiger partial charge on any atom is -0.388 e. The van der Waals surface area contributed by atoms with Gasteiger partial charge in [-0.1, -0.05) is 87.9 Å². The molecule has 164 valence electrons. The molecule has 0 saturated carbocycles. The van der Waals surface area contributed by atoms with E-state index in [0.29, 0.717) is 12.5 Å². The summed E-state index contributed by atoms with van der Waals surface area (Å²) in [5.74, 6) is 0.137. The summed E-state index contributed by atoms with van der Waals surface area (Å²) in [7, 11) is 0. The summed E-state index contributed by atoms with van der Waals surface area (Å²) in [5.41, 5.74) is 3.67. The van der Waals surface area contributed by atoms with Crippen LogP contribution in [0.15, 0.2) is 54.6 Å². The Balaban J connectivity index is 0.00000155. The molecule has 3 nitrogen and oxygen atoms in total. The van der Waals surface area contributed by atoms with E-state index in [1.165, 1.54) is 11.1 Å². The Morgan fingerprint density at radius 2 is 1.83 bits per heavy atom. The Labute approximate surface area is 183 Å². The average molecular weight is 410 g/mol. The Morgan fingerprint density at radius 1 is 1.17 bits per heavy atom. The lowest BCUT2D eigenvalue weighted by molar-refractivity contribution is -0.125. The molecule has 1 fully saturated rings. The third-order valence-corrected chi connectivity index (χ3v) is 6.74. The van der Waals surface area contributed by atoms with E-state index in [1.807, 2.05) is 44.2 Å². The summed E-state index contributed by atoms with van der Waals surface area (Å²) >= 11 is 0. The zero-order valence-corrected chi connectivity index (χ0v) is 19.6. The fraction of sp³-hybridized carbons (Fsp3) is 0.519. The Morgan fingerprint density at radius 3 is 2.40 bits per heavy atom. The van der Waals surface area contributed by atoms with Gasteiger partial charge in [0.15, 0.2) is 0 Å². The van der Waals surface area contributed by atoms with Gasteiger partial charge in [0, 0.05) is 13.1 Å². The van der Waals surface area contributed by atoms with Crippen molar-refractivity contribution in [2.24, 2.45) is 11.8 Å². The summed E-state index contributed by atoms with van der Waals surface area (Å²) in [6.45, 7) is 14.9. The second kappa shape index (κ2) is 10.9. The highest BCUT2D eigenvalue weighted by molar-refractivity contribution is 5.79. The molecule has 3 rings (SSSR count). The number of aryl methyl sites for hydroxylation is 1. The second-order valence-corrected chi connectivity index (χ2v) is 8.77. The predicted octanol–water partition coefficient (Wildman–Crippen LogP) is 5.56. The maximum absolute atomic E-state index is 12.3. The number of hydrogen-bond donors (Lipinski definition) is 1. The van der Waals surface area contributed by atoms with E-state index in [4.69, 9.17) is 0 Å². The highest BCUT2D eigenvalue weighted by Gasteiger charge is 2.39. The molecule has 0 radical (unpaired) electrons. The maximum Gasteiger partial charge on any atom is 0.137 e. The molecule has 1 aliphatic rings. The van der Waals surface area contributed by atoms with Crippen molar-refractivity contribution in [3.8, 4) is 0 Å². The van der Waals surface area contributed by atoms with Gasteiger partial charge in [-0.05, 0) is 49.3 Å². The fourth-order valence-electron chi connectivity index (χ4n) is 4.52. The number of carbonyl (C=O) groups excluding carboxylic acids is 1. The number of benzene rings is 2. The number of aliphatic hydroxyl groups excluding tert-OH is 1. The first-order valence-corrected chi connectivity index (χ1v) is 11.3. The standard InChI is InChI=1S/C25H33NO2.C2H6/c1-18-9-8-12-22(15-18)25(4)13-14-26(16-19(25)2)17-23(20(3)27)24(28)21-10-6-5-7-11-21;1-2/h5-12,15,19,23-24,28H,13-14,16-17H2,1-4H3;1-2H3/t19-,23-,24-,25+;/m0./s1. The summed E-state index contributed by atoms with van der Waals surface area (Å²) < 4.78 is 0. The van der Waals surface area contributed by atoms with Crippen LogP contribution < -0.4 is 0 Å².